The number of halogens is 1. The Morgan fingerprint density at radius 2 is 1.94 bits per heavy atom. The molecule has 1 aliphatic rings. The fraction of sp³-hybridized carbons (Fsp3) is 0.417. The Morgan fingerprint density at radius 1 is 1.25 bits per heavy atom. The van der Waals surface area contributed by atoms with Crippen LogP contribution in [0.4, 0.5) is 5.69 Å². The maximum atomic E-state index is 5.61. The normalized spacial score (nSPS) is 16.2. The van der Waals surface area contributed by atoms with Crippen LogP contribution in [0.15, 0.2) is 22.7 Å². The maximum absolute atomic E-state index is 5.61. The minimum Gasteiger partial charge on any atom is -0.389 e. The zero-order valence-corrected chi connectivity index (χ0v) is 11.5. The average Bonchev–Trinajstić information content (AvgIpc) is 2.30. The van der Waals surface area contributed by atoms with E-state index in [1.165, 1.54) is 24.9 Å². The second-order valence-electron chi connectivity index (χ2n) is 4.08. The molecule has 2 N–H and O–H groups in total. The second kappa shape index (κ2) is 5.15. The molecule has 4 heteroatoms. The van der Waals surface area contributed by atoms with E-state index in [-0.39, 0.29) is 0 Å². The van der Waals surface area contributed by atoms with Gasteiger partial charge in [0.2, 0.25) is 0 Å². The number of hydrogen-bond donors (Lipinski definition) is 1. The number of rotatable bonds is 2. The van der Waals surface area contributed by atoms with Crippen molar-refractivity contribution in [3.8, 4) is 0 Å². The van der Waals surface area contributed by atoms with Crippen molar-refractivity contribution in [2.24, 2.45) is 5.73 Å². The molecular weight excluding hydrogens is 284 g/mol. The van der Waals surface area contributed by atoms with Gasteiger partial charge >= 0.3 is 0 Å². The van der Waals surface area contributed by atoms with E-state index in [4.69, 9.17) is 18.0 Å². The molecule has 0 radical (unpaired) electrons. The van der Waals surface area contributed by atoms with Crippen LogP contribution in [-0.4, -0.2) is 18.1 Å². The Bertz CT molecular complexity index is 400. The van der Waals surface area contributed by atoms with Gasteiger partial charge in [0, 0.05) is 23.1 Å². The monoisotopic (exact) mass is 298 g/mol. The lowest BCUT2D eigenvalue weighted by Gasteiger charge is -2.29. The molecule has 1 heterocycles. The molecule has 0 bridgehead atoms. The van der Waals surface area contributed by atoms with Gasteiger partial charge in [0.15, 0.2) is 0 Å². The molecule has 2 nitrogen and oxygen atoms in total. The van der Waals surface area contributed by atoms with E-state index < -0.39 is 0 Å². The molecule has 0 aliphatic carbocycles. The van der Waals surface area contributed by atoms with E-state index in [9.17, 15) is 0 Å². The molecule has 0 amide bonds. The lowest BCUT2D eigenvalue weighted by molar-refractivity contribution is 0.577. The highest BCUT2D eigenvalue weighted by Gasteiger charge is 2.13. The maximum Gasteiger partial charge on any atom is 0.104 e. The molecule has 1 aliphatic heterocycles. The SMILES string of the molecule is NC(=S)c1ccc(N2CCCCC2)c(Br)c1. The van der Waals surface area contributed by atoms with E-state index in [2.05, 4.69) is 26.9 Å². The lowest BCUT2D eigenvalue weighted by atomic mass is 10.1. The molecule has 86 valence electrons. The zero-order valence-electron chi connectivity index (χ0n) is 9.08. The minimum atomic E-state index is 0.450. The van der Waals surface area contributed by atoms with Gasteiger partial charge in [-0.15, -0.1) is 0 Å². The highest BCUT2D eigenvalue weighted by atomic mass is 79.9. The van der Waals surface area contributed by atoms with Gasteiger partial charge in [0.05, 0.1) is 5.69 Å². The van der Waals surface area contributed by atoms with Crippen LogP contribution in [0.5, 0.6) is 0 Å². The Balaban J connectivity index is 2.24. The summed E-state index contributed by atoms with van der Waals surface area (Å²) in [6.45, 7) is 2.29. The number of nitrogens with two attached hydrogens (primary N) is 1. The summed E-state index contributed by atoms with van der Waals surface area (Å²) in [5, 5.41) is 0. The van der Waals surface area contributed by atoms with Gasteiger partial charge in [-0.05, 0) is 53.4 Å². The number of benzene rings is 1. The van der Waals surface area contributed by atoms with E-state index in [1.54, 1.807) is 0 Å². The fourth-order valence-electron chi connectivity index (χ4n) is 2.05. The van der Waals surface area contributed by atoms with Gasteiger partial charge in [-0.1, -0.05) is 12.2 Å². The molecule has 0 saturated carbocycles. The van der Waals surface area contributed by atoms with Gasteiger partial charge in [0.25, 0.3) is 0 Å². The first-order chi connectivity index (χ1) is 7.68. The van der Waals surface area contributed by atoms with Crippen molar-refractivity contribution in [1.82, 2.24) is 0 Å². The van der Waals surface area contributed by atoms with Crippen molar-refractivity contribution in [2.75, 3.05) is 18.0 Å². The first kappa shape index (κ1) is 11.9. The fourth-order valence-corrected chi connectivity index (χ4v) is 2.81. The zero-order chi connectivity index (χ0) is 11.5. The third-order valence-electron chi connectivity index (χ3n) is 2.93. The summed E-state index contributed by atoms with van der Waals surface area (Å²) in [6, 6.07) is 6.10. The predicted octanol–water partition coefficient (Wildman–Crippen LogP) is 3.07. The quantitative estimate of drug-likeness (QED) is 0.851. The number of thiocarbonyl (C=S) groups is 1. The van der Waals surface area contributed by atoms with Crippen molar-refractivity contribution in [3.63, 3.8) is 0 Å². The minimum absolute atomic E-state index is 0.450. The molecular formula is C12H15BrN2S. The summed E-state index contributed by atoms with van der Waals surface area (Å²) in [6.07, 6.45) is 3.91. The van der Waals surface area contributed by atoms with Crippen LogP contribution in [0.3, 0.4) is 0 Å². The van der Waals surface area contributed by atoms with E-state index in [0.717, 1.165) is 23.1 Å². The van der Waals surface area contributed by atoms with E-state index in [1.807, 2.05) is 12.1 Å². The highest BCUT2D eigenvalue weighted by Crippen LogP contribution is 2.29. The van der Waals surface area contributed by atoms with Crippen molar-refractivity contribution < 1.29 is 0 Å². The van der Waals surface area contributed by atoms with Gasteiger partial charge in [0.1, 0.15) is 4.99 Å². The molecule has 2 rings (SSSR count). The van der Waals surface area contributed by atoms with Crippen LogP contribution in [0, 0.1) is 0 Å². The third kappa shape index (κ3) is 2.55. The highest BCUT2D eigenvalue weighted by molar-refractivity contribution is 9.10. The van der Waals surface area contributed by atoms with Gasteiger partial charge in [-0.25, -0.2) is 0 Å². The van der Waals surface area contributed by atoms with Crippen LogP contribution in [0.25, 0.3) is 0 Å². The summed E-state index contributed by atoms with van der Waals surface area (Å²) in [5.74, 6) is 0. The van der Waals surface area contributed by atoms with Crippen LogP contribution in [0.1, 0.15) is 24.8 Å². The molecule has 16 heavy (non-hydrogen) atoms. The average molecular weight is 299 g/mol. The molecule has 1 aromatic carbocycles. The molecule has 0 unspecified atom stereocenters. The Labute approximate surface area is 110 Å². The van der Waals surface area contributed by atoms with Crippen LogP contribution in [0.2, 0.25) is 0 Å². The molecule has 1 aromatic rings. The van der Waals surface area contributed by atoms with E-state index >= 15 is 0 Å². The van der Waals surface area contributed by atoms with Gasteiger partial charge in [-0.3, -0.25) is 0 Å². The summed E-state index contributed by atoms with van der Waals surface area (Å²) in [5.41, 5.74) is 7.78. The summed E-state index contributed by atoms with van der Waals surface area (Å²) in [4.78, 5) is 2.86. The Morgan fingerprint density at radius 3 is 2.50 bits per heavy atom. The third-order valence-corrected chi connectivity index (χ3v) is 3.80. The summed E-state index contributed by atoms with van der Waals surface area (Å²) in [7, 11) is 0. The van der Waals surface area contributed by atoms with Crippen molar-refractivity contribution in [2.45, 2.75) is 19.3 Å². The molecule has 0 spiro atoms. The largest absolute Gasteiger partial charge is 0.389 e. The molecule has 0 atom stereocenters. The van der Waals surface area contributed by atoms with Crippen molar-refractivity contribution in [3.05, 3.63) is 28.2 Å². The van der Waals surface area contributed by atoms with Crippen LogP contribution in [-0.2, 0) is 0 Å². The molecule has 0 aromatic heterocycles. The number of nitrogens with zero attached hydrogens (tertiary/aromatic N) is 1. The Kier molecular flexibility index (Phi) is 3.82. The smallest absolute Gasteiger partial charge is 0.104 e. The summed E-state index contributed by atoms with van der Waals surface area (Å²) < 4.78 is 1.08. The van der Waals surface area contributed by atoms with Crippen LogP contribution < -0.4 is 10.6 Å². The van der Waals surface area contributed by atoms with Crippen LogP contribution >= 0.6 is 28.1 Å². The topological polar surface area (TPSA) is 29.3 Å². The summed E-state index contributed by atoms with van der Waals surface area (Å²) >= 11 is 8.56. The lowest BCUT2D eigenvalue weighted by Crippen LogP contribution is -2.29. The number of piperidine rings is 1. The number of anilines is 1. The second-order valence-corrected chi connectivity index (χ2v) is 5.37. The first-order valence-corrected chi connectivity index (χ1v) is 6.73. The van der Waals surface area contributed by atoms with Crippen molar-refractivity contribution >= 4 is 38.8 Å². The first-order valence-electron chi connectivity index (χ1n) is 5.53. The van der Waals surface area contributed by atoms with E-state index in [0.29, 0.717) is 4.99 Å². The van der Waals surface area contributed by atoms with Gasteiger partial charge < -0.3 is 10.6 Å². The standard InChI is InChI=1S/C12H15BrN2S/c13-10-8-9(12(14)16)4-5-11(10)15-6-2-1-3-7-15/h4-5,8H,1-3,6-7H2,(H2,14,16). The number of hydrogen-bond acceptors (Lipinski definition) is 2. The van der Waals surface area contributed by atoms with Gasteiger partial charge in [-0.2, -0.15) is 0 Å². The van der Waals surface area contributed by atoms with Crippen molar-refractivity contribution in [1.29, 1.82) is 0 Å². The predicted molar refractivity (Wildman–Crippen MR) is 76.1 cm³/mol. The Hall–Kier alpha value is -0.610. The molecule has 1 saturated heterocycles. The molecule has 1 fully saturated rings.